The van der Waals surface area contributed by atoms with Crippen molar-refractivity contribution in [2.24, 2.45) is 0 Å². The molecule has 34 heavy (non-hydrogen) atoms. The van der Waals surface area contributed by atoms with E-state index >= 15 is 0 Å². The minimum atomic E-state index is -0.499. The number of carbonyl (C=O) groups excluding carboxylic acids is 1. The topological polar surface area (TPSA) is 80.6 Å². The Hall–Kier alpha value is -4.24. The number of carbonyl (C=O) groups is 1. The third kappa shape index (κ3) is 6.63. The highest BCUT2D eigenvalue weighted by molar-refractivity contribution is 6.09. The number of nitrogens with one attached hydrogen (secondary N) is 1. The van der Waals surface area contributed by atoms with Gasteiger partial charge in [0.15, 0.2) is 11.5 Å². The van der Waals surface area contributed by atoms with E-state index in [2.05, 4.69) is 37.4 Å². The number of rotatable bonds is 9. The van der Waals surface area contributed by atoms with Gasteiger partial charge in [0, 0.05) is 5.69 Å². The second-order valence-electron chi connectivity index (χ2n) is 7.78. The van der Waals surface area contributed by atoms with Crippen LogP contribution in [0.5, 0.6) is 17.2 Å². The van der Waals surface area contributed by atoms with E-state index in [4.69, 9.17) is 14.2 Å². The number of ether oxygens (including phenoxy) is 3. The summed E-state index contributed by atoms with van der Waals surface area (Å²) in [5, 5.41) is 12.3. The van der Waals surface area contributed by atoms with Crippen molar-refractivity contribution in [3.05, 3.63) is 88.5 Å². The summed E-state index contributed by atoms with van der Waals surface area (Å²) in [6.45, 7) is 6.97. The summed E-state index contributed by atoms with van der Waals surface area (Å²) in [6.07, 6.45) is 1.51. The maximum atomic E-state index is 12.6. The lowest BCUT2D eigenvalue weighted by molar-refractivity contribution is -0.112. The third-order valence-electron chi connectivity index (χ3n) is 4.96. The highest BCUT2D eigenvalue weighted by atomic mass is 16.5. The van der Waals surface area contributed by atoms with Crippen LogP contribution in [0.15, 0.2) is 66.2 Å². The molecule has 1 N–H and O–H groups in total. The third-order valence-corrected chi connectivity index (χ3v) is 4.96. The minimum absolute atomic E-state index is 0.0279. The molecule has 0 aliphatic rings. The average molecular weight is 457 g/mol. The number of benzene rings is 3. The van der Waals surface area contributed by atoms with Crippen LogP contribution in [0, 0.1) is 25.2 Å². The lowest BCUT2D eigenvalue weighted by Crippen LogP contribution is -2.13. The van der Waals surface area contributed by atoms with Gasteiger partial charge in [-0.2, -0.15) is 5.26 Å². The number of aryl methyl sites for hydroxylation is 2. The summed E-state index contributed by atoms with van der Waals surface area (Å²) in [5.41, 5.74) is 4.62. The van der Waals surface area contributed by atoms with Crippen LogP contribution < -0.4 is 19.5 Å². The lowest BCUT2D eigenvalue weighted by atomic mass is 10.1. The van der Waals surface area contributed by atoms with Crippen molar-refractivity contribution in [1.82, 2.24) is 0 Å². The first kappa shape index (κ1) is 24.4. The number of nitrogens with zero attached hydrogens (tertiary/aromatic N) is 1. The van der Waals surface area contributed by atoms with E-state index < -0.39 is 5.91 Å². The Balaban J connectivity index is 1.72. The monoisotopic (exact) mass is 456 g/mol. The van der Waals surface area contributed by atoms with E-state index in [9.17, 15) is 10.1 Å². The molecule has 0 bridgehead atoms. The SMILES string of the molecule is CCOc1ccc(NC(=O)/C(C#N)=C/c2ccc(OCc3cc(C)cc(C)c3)c(OC)c2)cc1. The molecule has 0 heterocycles. The van der Waals surface area contributed by atoms with E-state index in [1.807, 2.05) is 13.0 Å². The highest BCUT2D eigenvalue weighted by Crippen LogP contribution is 2.30. The number of methoxy groups -OCH3 is 1. The molecule has 0 aliphatic carbocycles. The molecule has 174 valence electrons. The van der Waals surface area contributed by atoms with Gasteiger partial charge in [-0.15, -0.1) is 0 Å². The van der Waals surface area contributed by atoms with Gasteiger partial charge in [0.25, 0.3) is 5.91 Å². The van der Waals surface area contributed by atoms with E-state index in [-0.39, 0.29) is 5.57 Å². The second kappa shape index (κ2) is 11.6. The summed E-state index contributed by atoms with van der Waals surface area (Å²) in [4.78, 5) is 12.6. The molecule has 1 amide bonds. The number of nitriles is 1. The van der Waals surface area contributed by atoms with E-state index in [0.717, 1.165) is 5.56 Å². The highest BCUT2D eigenvalue weighted by Gasteiger charge is 2.12. The standard InChI is InChI=1S/C28H28N2O4/c1-5-33-25-9-7-24(8-10-25)30-28(31)23(17-29)15-21-6-11-26(27(16-21)32-4)34-18-22-13-19(2)12-20(3)14-22/h6-16H,5,18H2,1-4H3,(H,30,31)/b23-15+. The number of hydrogen-bond acceptors (Lipinski definition) is 5. The summed E-state index contributed by atoms with van der Waals surface area (Å²) < 4.78 is 16.8. The molecule has 3 aromatic carbocycles. The van der Waals surface area contributed by atoms with Gasteiger partial charge >= 0.3 is 0 Å². The Bertz CT molecular complexity index is 1200. The Morgan fingerprint density at radius 2 is 1.68 bits per heavy atom. The fourth-order valence-corrected chi connectivity index (χ4v) is 3.52. The molecule has 0 unspecified atom stereocenters. The van der Waals surface area contributed by atoms with Crippen LogP contribution in [-0.2, 0) is 11.4 Å². The van der Waals surface area contributed by atoms with Gasteiger partial charge in [0.1, 0.15) is 24.0 Å². The summed E-state index contributed by atoms with van der Waals surface area (Å²) in [5.74, 6) is 1.31. The molecule has 3 aromatic rings. The quantitative estimate of drug-likeness (QED) is 0.323. The molecule has 6 nitrogen and oxygen atoms in total. The zero-order valence-electron chi connectivity index (χ0n) is 19.8. The van der Waals surface area contributed by atoms with Crippen LogP contribution in [0.3, 0.4) is 0 Å². The summed E-state index contributed by atoms with van der Waals surface area (Å²) in [7, 11) is 1.55. The zero-order valence-corrected chi connectivity index (χ0v) is 19.8. The van der Waals surface area contributed by atoms with E-state index in [1.165, 1.54) is 17.2 Å². The van der Waals surface area contributed by atoms with Gasteiger partial charge < -0.3 is 19.5 Å². The summed E-state index contributed by atoms with van der Waals surface area (Å²) >= 11 is 0. The number of anilines is 1. The van der Waals surface area contributed by atoms with Gasteiger partial charge in [-0.1, -0.05) is 35.4 Å². The predicted molar refractivity (Wildman–Crippen MR) is 133 cm³/mol. The molecule has 0 aromatic heterocycles. The van der Waals surface area contributed by atoms with E-state index in [1.54, 1.807) is 49.6 Å². The normalized spacial score (nSPS) is 10.9. The van der Waals surface area contributed by atoms with Crippen molar-refractivity contribution >= 4 is 17.7 Å². The van der Waals surface area contributed by atoms with Crippen LogP contribution in [0.25, 0.3) is 6.08 Å². The Morgan fingerprint density at radius 1 is 0.971 bits per heavy atom. The van der Waals surface area contributed by atoms with E-state index in [0.29, 0.717) is 41.7 Å². The second-order valence-corrected chi connectivity index (χ2v) is 7.78. The molecule has 0 radical (unpaired) electrons. The fourth-order valence-electron chi connectivity index (χ4n) is 3.52. The minimum Gasteiger partial charge on any atom is -0.494 e. The van der Waals surface area contributed by atoms with Gasteiger partial charge in [-0.25, -0.2) is 0 Å². The maximum absolute atomic E-state index is 12.6. The van der Waals surface area contributed by atoms with Crippen LogP contribution in [0.2, 0.25) is 0 Å². The first-order valence-corrected chi connectivity index (χ1v) is 11.0. The van der Waals surface area contributed by atoms with Crippen molar-refractivity contribution in [3.8, 4) is 23.3 Å². The maximum Gasteiger partial charge on any atom is 0.266 e. The van der Waals surface area contributed by atoms with Crippen molar-refractivity contribution in [3.63, 3.8) is 0 Å². The Labute approximate surface area is 200 Å². The molecule has 0 saturated carbocycles. The van der Waals surface area contributed by atoms with Crippen LogP contribution in [-0.4, -0.2) is 19.6 Å². The zero-order chi connectivity index (χ0) is 24.5. The molecule has 0 atom stereocenters. The molecule has 0 aliphatic heterocycles. The first-order valence-electron chi connectivity index (χ1n) is 11.0. The van der Waals surface area contributed by atoms with Gasteiger partial charge in [-0.05, 0) is 74.4 Å². The van der Waals surface area contributed by atoms with Gasteiger partial charge in [-0.3, -0.25) is 4.79 Å². The Kier molecular flexibility index (Phi) is 8.31. The smallest absolute Gasteiger partial charge is 0.266 e. The number of hydrogen-bond donors (Lipinski definition) is 1. The molecule has 3 rings (SSSR count). The molecule has 0 saturated heterocycles. The van der Waals surface area contributed by atoms with Crippen LogP contribution in [0.4, 0.5) is 5.69 Å². The van der Waals surface area contributed by atoms with Crippen molar-refractivity contribution in [2.45, 2.75) is 27.4 Å². The summed E-state index contributed by atoms with van der Waals surface area (Å²) in [6, 6.07) is 20.5. The average Bonchev–Trinajstić information content (AvgIpc) is 2.82. The molecule has 6 heteroatoms. The van der Waals surface area contributed by atoms with Crippen molar-refractivity contribution in [2.75, 3.05) is 19.0 Å². The van der Waals surface area contributed by atoms with Crippen molar-refractivity contribution < 1.29 is 19.0 Å². The van der Waals surface area contributed by atoms with Crippen molar-refractivity contribution in [1.29, 1.82) is 5.26 Å². The largest absolute Gasteiger partial charge is 0.494 e. The molecular weight excluding hydrogens is 428 g/mol. The lowest BCUT2D eigenvalue weighted by Gasteiger charge is -2.12. The Morgan fingerprint density at radius 3 is 2.29 bits per heavy atom. The molecule has 0 spiro atoms. The first-order chi connectivity index (χ1) is 16.4. The van der Waals surface area contributed by atoms with Gasteiger partial charge in [0.2, 0.25) is 0 Å². The number of amides is 1. The van der Waals surface area contributed by atoms with Crippen LogP contribution >= 0.6 is 0 Å². The predicted octanol–water partition coefficient (Wildman–Crippen LogP) is 5.84. The molecule has 0 fully saturated rings. The van der Waals surface area contributed by atoms with Crippen LogP contribution in [0.1, 0.15) is 29.2 Å². The van der Waals surface area contributed by atoms with Gasteiger partial charge in [0.05, 0.1) is 13.7 Å². The molecular formula is C28H28N2O4. The fraction of sp³-hybridized carbons (Fsp3) is 0.214.